The molecule has 0 spiro atoms. The van der Waals surface area contributed by atoms with Crippen molar-refractivity contribution in [2.45, 2.75) is 57.2 Å². The lowest BCUT2D eigenvalue weighted by Crippen LogP contribution is -2.31. The third kappa shape index (κ3) is 3.52. The summed E-state index contributed by atoms with van der Waals surface area (Å²) in [7, 11) is 0. The first kappa shape index (κ1) is 19.3. The van der Waals surface area contributed by atoms with Gasteiger partial charge < -0.3 is 14.8 Å². The van der Waals surface area contributed by atoms with Crippen LogP contribution in [0.5, 0.6) is 0 Å². The second-order valence-corrected chi connectivity index (χ2v) is 8.85. The van der Waals surface area contributed by atoms with Gasteiger partial charge in [0.05, 0.1) is 11.7 Å². The summed E-state index contributed by atoms with van der Waals surface area (Å²) in [5, 5.41) is 4.34. The minimum atomic E-state index is 0.0113. The molecule has 4 nitrogen and oxygen atoms in total. The zero-order chi connectivity index (χ0) is 20.5. The van der Waals surface area contributed by atoms with Gasteiger partial charge in [-0.05, 0) is 68.4 Å². The molecule has 3 aromatic rings. The highest BCUT2D eigenvalue weighted by atomic mass is 32.1. The van der Waals surface area contributed by atoms with E-state index in [0.29, 0.717) is 6.04 Å². The fraction of sp³-hybridized carbons (Fsp3) is 0.360. The number of nitrogens with zero attached hydrogens (tertiary/aromatic N) is 3. The Bertz CT molecular complexity index is 1010. The Balaban J connectivity index is 1.61. The van der Waals surface area contributed by atoms with Crippen molar-refractivity contribution in [3.05, 3.63) is 83.9 Å². The minimum Gasteiger partial charge on any atom is -0.351 e. The van der Waals surface area contributed by atoms with Crippen molar-refractivity contribution in [2.75, 3.05) is 4.90 Å². The molecular weight excluding hydrogens is 388 g/mol. The van der Waals surface area contributed by atoms with Crippen LogP contribution < -0.4 is 10.2 Å². The molecule has 2 aliphatic rings. The number of hydrogen-bond acceptors (Lipinski definition) is 2. The smallest absolute Gasteiger partial charge is 0.174 e. The van der Waals surface area contributed by atoms with Gasteiger partial charge in [0.1, 0.15) is 6.04 Å². The first-order valence-electron chi connectivity index (χ1n) is 11.0. The summed E-state index contributed by atoms with van der Waals surface area (Å²) in [5.41, 5.74) is 4.71. The second-order valence-electron chi connectivity index (χ2n) is 8.46. The van der Waals surface area contributed by atoms with Crippen molar-refractivity contribution in [3.63, 3.8) is 0 Å². The number of aryl methyl sites for hydroxylation is 1. The number of aromatic nitrogens is 2. The van der Waals surface area contributed by atoms with E-state index in [1.54, 1.807) is 0 Å². The average Bonchev–Trinajstić information content (AvgIpc) is 3.40. The molecule has 1 saturated heterocycles. The van der Waals surface area contributed by atoms with Crippen molar-refractivity contribution in [1.82, 2.24) is 14.9 Å². The lowest BCUT2D eigenvalue weighted by atomic mass is 9.94. The molecule has 0 bridgehead atoms. The molecule has 3 heterocycles. The second kappa shape index (κ2) is 8.23. The van der Waals surface area contributed by atoms with Crippen molar-refractivity contribution >= 4 is 23.0 Å². The van der Waals surface area contributed by atoms with Gasteiger partial charge in [-0.1, -0.05) is 43.0 Å². The van der Waals surface area contributed by atoms with Gasteiger partial charge in [0.2, 0.25) is 0 Å². The van der Waals surface area contributed by atoms with Gasteiger partial charge in [-0.15, -0.1) is 0 Å². The Labute approximate surface area is 183 Å². The van der Waals surface area contributed by atoms with E-state index in [1.807, 2.05) is 12.3 Å². The van der Waals surface area contributed by atoms with Crippen molar-refractivity contribution in [2.24, 2.45) is 0 Å². The maximum Gasteiger partial charge on any atom is 0.174 e. The lowest BCUT2D eigenvalue weighted by Gasteiger charge is -2.32. The van der Waals surface area contributed by atoms with Crippen molar-refractivity contribution in [1.29, 1.82) is 0 Å². The molecular formula is C25H28N4S. The van der Waals surface area contributed by atoms with E-state index in [0.717, 1.165) is 16.5 Å². The van der Waals surface area contributed by atoms with Crippen LogP contribution in [0, 0.1) is 6.92 Å². The predicted octanol–water partition coefficient (Wildman–Crippen LogP) is 5.87. The van der Waals surface area contributed by atoms with Crippen molar-refractivity contribution in [3.8, 4) is 0 Å². The van der Waals surface area contributed by atoms with Gasteiger partial charge in [0, 0.05) is 29.8 Å². The van der Waals surface area contributed by atoms with E-state index in [2.05, 4.69) is 81.4 Å². The van der Waals surface area contributed by atoms with Gasteiger partial charge in [-0.25, -0.2) is 0 Å². The standard InChI is InChI=1S/C25H28N4S/c1-18-12-14-20(15-13-18)29-24(23(27-25(29)30)21-10-5-6-16-26-21)22-11-7-17-28(22)19-8-3-2-4-9-19/h5-7,10-17,19,23-24H,2-4,8-9H2,1H3,(H,27,30)/t23-,24+/m0/s1. The topological polar surface area (TPSA) is 33.1 Å². The summed E-state index contributed by atoms with van der Waals surface area (Å²) in [6.45, 7) is 2.12. The molecule has 2 atom stereocenters. The lowest BCUT2D eigenvalue weighted by molar-refractivity contribution is 0.340. The number of nitrogens with one attached hydrogen (secondary N) is 1. The summed E-state index contributed by atoms with van der Waals surface area (Å²) in [6, 6.07) is 19.9. The summed E-state index contributed by atoms with van der Waals surface area (Å²) in [4.78, 5) is 6.96. The third-order valence-corrected chi connectivity index (χ3v) is 6.81. The summed E-state index contributed by atoms with van der Waals surface area (Å²) >= 11 is 5.86. The van der Waals surface area contributed by atoms with E-state index < -0.39 is 0 Å². The molecule has 0 amide bonds. The third-order valence-electron chi connectivity index (χ3n) is 6.49. The highest BCUT2D eigenvalue weighted by Gasteiger charge is 2.42. The number of pyridine rings is 1. The Morgan fingerprint density at radius 1 is 0.967 bits per heavy atom. The molecule has 5 heteroatoms. The van der Waals surface area contributed by atoms with E-state index in [1.165, 1.54) is 43.4 Å². The Morgan fingerprint density at radius 2 is 1.77 bits per heavy atom. The fourth-order valence-electron chi connectivity index (χ4n) is 4.99. The number of hydrogen-bond donors (Lipinski definition) is 1. The molecule has 1 aliphatic carbocycles. The van der Waals surface area contributed by atoms with Crippen molar-refractivity contribution < 1.29 is 0 Å². The molecule has 1 saturated carbocycles. The van der Waals surface area contributed by atoms with Crippen LogP contribution >= 0.6 is 12.2 Å². The number of rotatable bonds is 4. The maximum atomic E-state index is 5.86. The quantitative estimate of drug-likeness (QED) is 0.539. The highest BCUT2D eigenvalue weighted by Crippen LogP contribution is 2.43. The van der Waals surface area contributed by atoms with Crippen LogP contribution in [0.25, 0.3) is 0 Å². The number of thiocarbonyl (C=S) groups is 1. The zero-order valence-corrected chi connectivity index (χ0v) is 18.2. The van der Waals surface area contributed by atoms with Crippen LogP contribution in [0.2, 0.25) is 0 Å². The normalized spacial score (nSPS) is 22.3. The van der Waals surface area contributed by atoms with E-state index in [4.69, 9.17) is 12.2 Å². The number of anilines is 1. The van der Waals surface area contributed by atoms with Crippen LogP contribution in [-0.4, -0.2) is 14.7 Å². The van der Waals surface area contributed by atoms with Crippen LogP contribution in [-0.2, 0) is 0 Å². The average molecular weight is 417 g/mol. The number of benzene rings is 1. The van der Waals surface area contributed by atoms with E-state index in [-0.39, 0.29) is 12.1 Å². The van der Waals surface area contributed by atoms with Gasteiger partial charge in [0.25, 0.3) is 0 Å². The first-order valence-corrected chi connectivity index (χ1v) is 11.4. The summed E-state index contributed by atoms with van der Waals surface area (Å²) in [5.74, 6) is 0. The minimum absolute atomic E-state index is 0.0113. The SMILES string of the molecule is Cc1ccc(N2C(=S)N[C@@H](c3ccccn3)[C@H]2c2cccn2C2CCCCC2)cc1. The van der Waals surface area contributed by atoms with Crippen LogP contribution in [0.3, 0.4) is 0 Å². The molecule has 1 N–H and O–H groups in total. The highest BCUT2D eigenvalue weighted by molar-refractivity contribution is 7.80. The largest absolute Gasteiger partial charge is 0.351 e. The van der Waals surface area contributed by atoms with Gasteiger partial charge in [-0.2, -0.15) is 0 Å². The Kier molecular flexibility index (Phi) is 5.30. The monoisotopic (exact) mass is 416 g/mol. The van der Waals surface area contributed by atoms with Crippen LogP contribution in [0.4, 0.5) is 5.69 Å². The first-order chi connectivity index (χ1) is 14.7. The summed E-state index contributed by atoms with van der Waals surface area (Å²) < 4.78 is 2.51. The molecule has 1 aromatic carbocycles. The van der Waals surface area contributed by atoms with Gasteiger partial charge >= 0.3 is 0 Å². The summed E-state index contributed by atoms with van der Waals surface area (Å²) in [6.07, 6.45) is 10.6. The molecule has 5 rings (SSSR count). The zero-order valence-electron chi connectivity index (χ0n) is 17.4. The Morgan fingerprint density at radius 3 is 2.50 bits per heavy atom. The van der Waals surface area contributed by atoms with Crippen LogP contribution in [0.1, 0.15) is 67.2 Å². The molecule has 1 aliphatic heterocycles. The van der Waals surface area contributed by atoms with E-state index >= 15 is 0 Å². The molecule has 0 radical (unpaired) electrons. The predicted molar refractivity (Wildman–Crippen MR) is 126 cm³/mol. The van der Waals surface area contributed by atoms with Gasteiger partial charge in [-0.3, -0.25) is 4.98 Å². The fourth-order valence-corrected chi connectivity index (χ4v) is 5.33. The molecule has 2 fully saturated rings. The van der Waals surface area contributed by atoms with Crippen LogP contribution in [0.15, 0.2) is 67.0 Å². The molecule has 154 valence electrons. The van der Waals surface area contributed by atoms with E-state index in [9.17, 15) is 0 Å². The maximum absolute atomic E-state index is 5.86. The van der Waals surface area contributed by atoms with Gasteiger partial charge in [0.15, 0.2) is 5.11 Å². The Hall–Kier alpha value is -2.66. The molecule has 30 heavy (non-hydrogen) atoms. The molecule has 0 unspecified atom stereocenters. The molecule has 2 aromatic heterocycles.